The van der Waals surface area contributed by atoms with Gasteiger partial charge in [0, 0.05) is 19.3 Å². The molecule has 0 spiro atoms. The number of para-hydroxylation sites is 1. The van der Waals surface area contributed by atoms with Crippen LogP contribution in [0.4, 0.5) is 5.69 Å². The van der Waals surface area contributed by atoms with Gasteiger partial charge in [-0.2, -0.15) is 0 Å². The molecule has 0 radical (unpaired) electrons. The van der Waals surface area contributed by atoms with Crippen LogP contribution in [-0.4, -0.2) is 13.6 Å². The van der Waals surface area contributed by atoms with Crippen LogP contribution in [0.2, 0.25) is 0 Å². The van der Waals surface area contributed by atoms with Crippen LogP contribution in [0.1, 0.15) is 16.7 Å². The summed E-state index contributed by atoms with van der Waals surface area (Å²) in [6.07, 6.45) is 0.925. The topological polar surface area (TPSA) is 29.3 Å². The number of nitrogens with two attached hydrogens (primary N) is 1. The van der Waals surface area contributed by atoms with Crippen molar-refractivity contribution in [3.63, 3.8) is 0 Å². The van der Waals surface area contributed by atoms with Gasteiger partial charge in [0.25, 0.3) is 0 Å². The highest BCUT2D eigenvalue weighted by molar-refractivity contribution is 5.53. The minimum Gasteiger partial charge on any atom is -0.370 e. The lowest BCUT2D eigenvalue weighted by Gasteiger charge is -2.22. The van der Waals surface area contributed by atoms with Crippen molar-refractivity contribution in [1.29, 1.82) is 0 Å². The average Bonchev–Trinajstić information content (AvgIpc) is 2.42. The molecular weight excluding hydrogens is 232 g/mol. The summed E-state index contributed by atoms with van der Waals surface area (Å²) in [7, 11) is 2.13. The van der Waals surface area contributed by atoms with Gasteiger partial charge in [0.2, 0.25) is 0 Å². The summed E-state index contributed by atoms with van der Waals surface area (Å²) in [5, 5.41) is 0. The number of benzene rings is 2. The van der Waals surface area contributed by atoms with Crippen molar-refractivity contribution in [2.75, 3.05) is 18.5 Å². The average molecular weight is 254 g/mol. The van der Waals surface area contributed by atoms with Gasteiger partial charge in [0.05, 0.1) is 0 Å². The quantitative estimate of drug-likeness (QED) is 0.888. The largest absolute Gasteiger partial charge is 0.370 e. The van der Waals surface area contributed by atoms with Crippen LogP contribution < -0.4 is 10.6 Å². The number of aryl methyl sites for hydroxylation is 1. The third-order valence-electron chi connectivity index (χ3n) is 3.36. The Kier molecular flexibility index (Phi) is 4.58. The molecule has 0 aliphatic rings. The van der Waals surface area contributed by atoms with E-state index in [9.17, 15) is 0 Å². The summed E-state index contributed by atoms with van der Waals surface area (Å²) < 4.78 is 0. The molecule has 0 heterocycles. The van der Waals surface area contributed by atoms with Crippen LogP contribution >= 0.6 is 0 Å². The molecule has 0 fully saturated rings. The van der Waals surface area contributed by atoms with E-state index < -0.39 is 0 Å². The molecule has 2 aromatic rings. The van der Waals surface area contributed by atoms with E-state index in [2.05, 4.69) is 67.4 Å². The Balaban J connectivity index is 2.15. The zero-order valence-electron chi connectivity index (χ0n) is 11.8. The van der Waals surface area contributed by atoms with Gasteiger partial charge in [-0.3, -0.25) is 0 Å². The molecule has 0 bridgehead atoms. The molecule has 0 amide bonds. The highest BCUT2D eigenvalue weighted by Crippen LogP contribution is 2.21. The third-order valence-corrected chi connectivity index (χ3v) is 3.36. The van der Waals surface area contributed by atoms with Crippen molar-refractivity contribution in [1.82, 2.24) is 0 Å². The summed E-state index contributed by atoms with van der Waals surface area (Å²) in [6.45, 7) is 3.72. The first-order valence-electron chi connectivity index (χ1n) is 6.75. The summed E-state index contributed by atoms with van der Waals surface area (Å²) in [5.74, 6) is 0. The van der Waals surface area contributed by atoms with Crippen molar-refractivity contribution in [2.45, 2.75) is 19.9 Å². The molecule has 2 nitrogen and oxygen atoms in total. The third kappa shape index (κ3) is 3.58. The summed E-state index contributed by atoms with van der Waals surface area (Å²) in [5.41, 5.74) is 10.9. The molecule has 2 rings (SSSR count). The van der Waals surface area contributed by atoms with Crippen LogP contribution in [0, 0.1) is 6.92 Å². The minimum atomic E-state index is 0.690. The highest BCUT2D eigenvalue weighted by Gasteiger charge is 2.06. The van der Waals surface area contributed by atoms with E-state index in [0.29, 0.717) is 6.54 Å². The second-order valence-corrected chi connectivity index (χ2v) is 5.01. The number of hydrogen-bond donors (Lipinski definition) is 1. The molecule has 0 aromatic heterocycles. The smallest absolute Gasteiger partial charge is 0.0426 e. The van der Waals surface area contributed by atoms with Gasteiger partial charge in [0.15, 0.2) is 0 Å². The van der Waals surface area contributed by atoms with Gasteiger partial charge in [-0.15, -0.1) is 0 Å². The normalized spacial score (nSPS) is 10.5. The lowest BCUT2D eigenvalue weighted by molar-refractivity contribution is 0.892. The second-order valence-electron chi connectivity index (χ2n) is 5.01. The van der Waals surface area contributed by atoms with Gasteiger partial charge < -0.3 is 10.6 Å². The summed E-state index contributed by atoms with van der Waals surface area (Å²) in [4.78, 5) is 2.29. The van der Waals surface area contributed by atoms with Gasteiger partial charge >= 0.3 is 0 Å². The predicted molar refractivity (Wildman–Crippen MR) is 82.5 cm³/mol. The summed E-state index contributed by atoms with van der Waals surface area (Å²) in [6, 6.07) is 17.2. The first-order chi connectivity index (χ1) is 9.20. The van der Waals surface area contributed by atoms with Gasteiger partial charge in [0.1, 0.15) is 0 Å². The molecule has 0 aliphatic heterocycles. The molecule has 0 aliphatic carbocycles. The Hall–Kier alpha value is -1.80. The number of nitrogens with zero attached hydrogens (tertiary/aromatic N) is 1. The van der Waals surface area contributed by atoms with Crippen LogP contribution in [0.15, 0.2) is 48.5 Å². The van der Waals surface area contributed by atoms with E-state index in [-0.39, 0.29) is 0 Å². The SMILES string of the molecule is Cc1ccc(CN(C)c2ccccc2CCN)cc1. The number of hydrogen-bond acceptors (Lipinski definition) is 2. The molecule has 2 heteroatoms. The van der Waals surface area contributed by atoms with Crippen molar-refractivity contribution in [3.05, 3.63) is 65.2 Å². The molecule has 0 saturated heterocycles. The van der Waals surface area contributed by atoms with E-state index in [1.165, 1.54) is 22.4 Å². The van der Waals surface area contributed by atoms with Crippen molar-refractivity contribution in [3.8, 4) is 0 Å². The predicted octanol–water partition coefficient (Wildman–Crippen LogP) is 3.13. The first-order valence-corrected chi connectivity index (χ1v) is 6.75. The molecule has 2 aromatic carbocycles. The second kappa shape index (κ2) is 6.39. The Morgan fingerprint density at radius 1 is 1.00 bits per heavy atom. The molecule has 100 valence electrons. The molecule has 0 unspecified atom stereocenters. The molecular formula is C17H22N2. The van der Waals surface area contributed by atoms with E-state index >= 15 is 0 Å². The highest BCUT2D eigenvalue weighted by atomic mass is 15.1. The molecule has 2 N–H and O–H groups in total. The van der Waals surface area contributed by atoms with Gasteiger partial charge in [-0.1, -0.05) is 48.0 Å². The maximum Gasteiger partial charge on any atom is 0.0426 e. The Labute approximate surface area is 115 Å². The Bertz CT molecular complexity index is 517. The monoisotopic (exact) mass is 254 g/mol. The zero-order chi connectivity index (χ0) is 13.7. The van der Waals surface area contributed by atoms with Crippen LogP contribution in [-0.2, 0) is 13.0 Å². The molecule has 0 atom stereocenters. The fourth-order valence-corrected chi connectivity index (χ4v) is 2.30. The lowest BCUT2D eigenvalue weighted by atomic mass is 10.1. The fourth-order valence-electron chi connectivity index (χ4n) is 2.30. The van der Waals surface area contributed by atoms with E-state index in [1.807, 2.05) is 0 Å². The molecule has 19 heavy (non-hydrogen) atoms. The minimum absolute atomic E-state index is 0.690. The van der Waals surface area contributed by atoms with Crippen LogP contribution in [0.5, 0.6) is 0 Å². The van der Waals surface area contributed by atoms with Gasteiger partial charge in [-0.25, -0.2) is 0 Å². The maximum atomic E-state index is 5.68. The fraction of sp³-hybridized carbons (Fsp3) is 0.294. The maximum absolute atomic E-state index is 5.68. The van der Waals surface area contributed by atoms with Gasteiger partial charge in [-0.05, 0) is 37.1 Å². The lowest BCUT2D eigenvalue weighted by Crippen LogP contribution is -2.18. The first kappa shape index (κ1) is 13.6. The molecule has 0 saturated carbocycles. The standard InChI is InChI=1S/C17H22N2/c1-14-7-9-15(10-8-14)13-19(2)17-6-4-3-5-16(17)11-12-18/h3-10H,11-13,18H2,1-2H3. The zero-order valence-corrected chi connectivity index (χ0v) is 11.8. The van der Waals surface area contributed by atoms with Crippen molar-refractivity contribution in [2.24, 2.45) is 5.73 Å². The Morgan fingerprint density at radius 3 is 2.37 bits per heavy atom. The number of rotatable bonds is 5. The Morgan fingerprint density at radius 2 is 1.68 bits per heavy atom. The van der Waals surface area contributed by atoms with E-state index in [4.69, 9.17) is 5.73 Å². The van der Waals surface area contributed by atoms with Crippen molar-refractivity contribution < 1.29 is 0 Å². The van der Waals surface area contributed by atoms with Crippen LogP contribution in [0.3, 0.4) is 0 Å². The van der Waals surface area contributed by atoms with E-state index in [0.717, 1.165) is 13.0 Å². The van der Waals surface area contributed by atoms with Crippen LogP contribution in [0.25, 0.3) is 0 Å². The van der Waals surface area contributed by atoms with Crippen molar-refractivity contribution >= 4 is 5.69 Å². The number of anilines is 1. The van der Waals surface area contributed by atoms with E-state index in [1.54, 1.807) is 0 Å². The summed E-state index contributed by atoms with van der Waals surface area (Å²) >= 11 is 0.